The molecule has 94 valence electrons. The molecule has 2 heterocycles. The van der Waals surface area contributed by atoms with Gasteiger partial charge in [0, 0.05) is 17.9 Å². The number of nitrogens with zero attached hydrogens (tertiary/aromatic N) is 2. The second-order valence-corrected chi connectivity index (χ2v) is 5.25. The summed E-state index contributed by atoms with van der Waals surface area (Å²) in [6.45, 7) is 3.04. The van der Waals surface area contributed by atoms with Crippen LogP contribution in [0.4, 0.5) is 5.82 Å². The molecule has 1 atom stereocenters. The Balaban J connectivity index is 2.00. The molecule has 0 aliphatic carbocycles. The van der Waals surface area contributed by atoms with E-state index in [0.717, 1.165) is 42.2 Å². The average molecular weight is 253 g/mol. The Kier molecular flexibility index (Phi) is 4.62. The molecule has 0 aromatic carbocycles. The van der Waals surface area contributed by atoms with Crippen molar-refractivity contribution in [3.05, 3.63) is 11.9 Å². The highest BCUT2D eigenvalue weighted by Gasteiger charge is 2.17. The van der Waals surface area contributed by atoms with Crippen molar-refractivity contribution in [2.24, 2.45) is 0 Å². The lowest BCUT2D eigenvalue weighted by Crippen LogP contribution is -2.09. The molecule has 1 aliphatic rings. The second-order valence-electron chi connectivity index (χ2n) is 4.24. The molecule has 1 saturated heterocycles. The van der Waals surface area contributed by atoms with Crippen LogP contribution >= 0.6 is 11.8 Å². The zero-order valence-electron chi connectivity index (χ0n) is 10.2. The molecule has 1 fully saturated rings. The summed E-state index contributed by atoms with van der Waals surface area (Å²) >= 11 is 1.74. The normalized spacial score (nSPS) is 19.7. The summed E-state index contributed by atoms with van der Waals surface area (Å²) in [5, 5.41) is 1.02. The van der Waals surface area contributed by atoms with Crippen LogP contribution < -0.4 is 5.73 Å². The highest BCUT2D eigenvalue weighted by molar-refractivity contribution is 7.99. The third-order valence-corrected chi connectivity index (χ3v) is 4.03. The SMILES string of the molecule is CCCc1c(N)ncnc1SCC1CCCO1. The summed E-state index contributed by atoms with van der Waals surface area (Å²) in [5.74, 6) is 1.59. The van der Waals surface area contributed by atoms with Crippen LogP contribution in [0.25, 0.3) is 0 Å². The van der Waals surface area contributed by atoms with E-state index in [1.165, 1.54) is 6.42 Å². The number of rotatable bonds is 5. The molecule has 1 aromatic heterocycles. The number of anilines is 1. The monoisotopic (exact) mass is 253 g/mol. The molecule has 0 bridgehead atoms. The summed E-state index contributed by atoms with van der Waals surface area (Å²) in [4.78, 5) is 8.40. The molecule has 1 unspecified atom stereocenters. The van der Waals surface area contributed by atoms with Crippen LogP contribution in [0, 0.1) is 0 Å². The molecule has 2 rings (SSSR count). The molecule has 1 aliphatic heterocycles. The van der Waals surface area contributed by atoms with Crippen LogP contribution in [0.2, 0.25) is 0 Å². The fraction of sp³-hybridized carbons (Fsp3) is 0.667. The van der Waals surface area contributed by atoms with Crippen molar-refractivity contribution in [1.82, 2.24) is 9.97 Å². The number of ether oxygens (including phenoxy) is 1. The maximum absolute atomic E-state index is 5.90. The van der Waals surface area contributed by atoms with Crippen molar-refractivity contribution in [1.29, 1.82) is 0 Å². The van der Waals surface area contributed by atoms with Crippen LogP contribution in [0.3, 0.4) is 0 Å². The minimum absolute atomic E-state index is 0.380. The number of nitrogens with two attached hydrogens (primary N) is 1. The third kappa shape index (κ3) is 3.33. The quantitative estimate of drug-likeness (QED) is 0.644. The summed E-state index contributed by atoms with van der Waals surface area (Å²) in [6.07, 6.45) is 6.28. The first-order valence-corrected chi connectivity index (χ1v) is 7.13. The fourth-order valence-electron chi connectivity index (χ4n) is 1.97. The number of aromatic nitrogens is 2. The largest absolute Gasteiger partial charge is 0.383 e. The van der Waals surface area contributed by atoms with Crippen molar-refractivity contribution < 1.29 is 4.74 Å². The molecule has 0 radical (unpaired) electrons. The van der Waals surface area contributed by atoms with E-state index in [-0.39, 0.29) is 0 Å². The molecule has 2 N–H and O–H groups in total. The van der Waals surface area contributed by atoms with Gasteiger partial charge in [-0.15, -0.1) is 11.8 Å². The van der Waals surface area contributed by atoms with Crippen LogP contribution in [0.15, 0.2) is 11.4 Å². The minimum Gasteiger partial charge on any atom is -0.383 e. The van der Waals surface area contributed by atoms with E-state index in [4.69, 9.17) is 10.5 Å². The van der Waals surface area contributed by atoms with E-state index >= 15 is 0 Å². The molecule has 0 amide bonds. The average Bonchev–Trinajstić information content (AvgIpc) is 2.83. The molecular weight excluding hydrogens is 234 g/mol. The van der Waals surface area contributed by atoms with Crippen LogP contribution in [0.1, 0.15) is 31.7 Å². The van der Waals surface area contributed by atoms with Gasteiger partial charge in [0.2, 0.25) is 0 Å². The van der Waals surface area contributed by atoms with Gasteiger partial charge < -0.3 is 10.5 Å². The summed E-state index contributed by atoms with van der Waals surface area (Å²) in [7, 11) is 0. The number of nitrogen functional groups attached to an aromatic ring is 1. The van der Waals surface area contributed by atoms with Crippen molar-refractivity contribution in [3.63, 3.8) is 0 Å². The van der Waals surface area contributed by atoms with E-state index in [9.17, 15) is 0 Å². The summed E-state index contributed by atoms with van der Waals surface area (Å²) in [6, 6.07) is 0. The summed E-state index contributed by atoms with van der Waals surface area (Å²) in [5.41, 5.74) is 6.99. The van der Waals surface area contributed by atoms with Gasteiger partial charge in [-0.05, 0) is 19.3 Å². The topological polar surface area (TPSA) is 61.0 Å². The first-order chi connectivity index (χ1) is 8.31. The molecule has 17 heavy (non-hydrogen) atoms. The third-order valence-electron chi connectivity index (χ3n) is 2.87. The van der Waals surface area contributed by atoms with Gasteiger partial charge in [0.15, 0.2) is 0 Å². The minimum atomic E-state index is 0.380. The van der Waals surface area contributed by atoms with Crippen LogP contribution in [-0.4, -0.2) is 28.4 Å². The maximum atomic E-state index is 5.90. The molecular formula is C12H19N3OS. The summed E-state index contributed by atoms with van der Waals surface area (Å²) < 4.78 is 5.61. The lowest BCUT2D eigenvalue weighted by molar-refractivity contribution is 0.129. The smallest absolute Gasteiger partial charge is 0.131 e. The Morgan fingerprint density at radius 2 is 2.41 bits per heavy atom. The number of hydrogen-bond acceptors (Lipinski definition) is 5. The standard InChI is InChI=1S/C12H19N3OS/c1-2-4-10-11(13)14-8-15-12(10)17-7-9-5-3-6-16-9/h8-9H,2-7H2,1H3,(H2,13,14,15). The predicted octanol–water partition coefficient (Wildman–Crippen LogP) is 2.28. The van der Waals surface area contributed by atoms with Crippen LogP contribution in [0.5, 0.6) is 0 Å². The highest BCUT2D eigenvalue weighted by Crippen LogP contribution is 2.27. The van der Waals surface area contributed by atoms with Crippen LogP contribution in [-0.2, 0) is 11.2 Å². The van der Waals surface area contributed by atoms with Crippen molar-refractivity contribution in [3.8, 4) is 0 Å². The predicted molar refractivity (Wildman–Crippen MR) is 70.1 cm³/mol. The van der Waals surface area contributed by atoms with E-state index in [2.05, 4.69) is 16.9 Å². The highest BCUT2D eigenvalue weighted by atomic mass is 32.2. The van der Waals surface area contributed by atoms with E-state index in [1.54, 1.807) is 18.1 Å². The van der Waals surface area contributed by atoms with E-state index < -0.39 is 0 Å². The zero-order chi connectivity index (χ0) is 12.1. The van der Waals surface area contributed by atoms with Gasteiger partial charge in [0.25, 0.3) is 0 Å². The van der Waals surface area contributed by atoms with Gasteiger partial charge in [-0.3, -0.25) is 0 Å². The van der Waals surface area contributed by atoms with Crippen molar-refractivity contribution >= 4 is 17.6 Å². The van der Waals surface area contributed by atoms with Gasteiger partial charge in [-0.1, -0.05) is 13.3 Å². The van der Waals surface area contributed by atoms with E-state index in [0.29, 0.717) is 11.9 Å². The zero-order valence-corrected chi connectivity index (χ0v) is 11.0. The molecule has 0 spiro atoms. The van der Waals surface area contributed by atoms with E-state index in [1.807, 2.05) is 0 Å². The maximum Gasteiger partial charge on any atom is 0.131 e. The number of thioether (sulfide) groups is 1. The molecule has 0 saturated carbocycles. The Bertz CT molecular complexity index is 367. The Labute approximate surface area is 106 Å². The van der Waals surface area contributed by atoms with Crippen molar-refractivity contribution in [2.45, 2.75) is 43.7 Å². The van der Waals surface area contributed by atoms with Gasteiger partial charge in [0.1, 0.15) is 17.2 Å². The molecule has 1 aromatic rings. The van der Waals surface area contributed by atoms with Gasteiger partial charge in [-0.2, -0.15) is 0 Å². The van der Waals surface area contributed by atoms with Gasteiger partial charge >= 0.3 is 0 Å². The second kappa shape index (κ2) is 6.21. The van der Waals surface area contributed by atoms with Crippen molar-refractivity contribution in [2.75, 3.05) is 18.1 Å². The first-order valence-electron chi connectivity index (χ1n) is 6.15. The Morgan fingerprint density at radius 3 is 3.12 bits per heavy atom. The first kappa shape index (κ1) is 12.6. The molecule has 5 heteroatoms. The Morgan fingerprint density at radius 1 is 1.53 bits per heavy atom. The lowest BCUT2D eigenvalue weighted by Gasteiger charge is -2.11. The van der Waals surface area contributed by atoms with Gasteiger partial charge in [0.05, 0.1) is 6.10 Å². The fourth-order valence-corrected chi connectivity index (χ4v) is 3.08. The van der Waals surface area contributed by atoms with Gasteiger partial charge in [-0.25, -0.2) is 9.97 Å². The Hall–Kier alpha value is -0.810. The number of hydrogen-bond donors (Lipinski definition) is 1. The lowest BCUT2D eigenvalue weighted by atomic mass is 10.2. The molecule has 4 nitrogen and oxygen atoms in total.